The molecule has 7 nitrogen and oxygen atoms in total. The second-order valence-corrected chi connectivity index (χ2v) is 6.13. The summed E-state index contributed by atoms with van der Waals surface area (Å²) in [5, 5.41) is 7.42. The van der Waals surface area contributed by atoms with Crippen molar-refractivity contribution in [1.82, 2.24) is 15.3 Å². The Bertz CT molecular complexity index is 1060. The van der Waals surface area contributed by atoms with E-state index >= 15 is 0 Å². The topological polar surface area (TPSA) is 93.2 Å². The maximum absolute atomic E-state index is 11.9. The largest absolute Gasteiger partial charge is 0.461 e. The smallest absolute Gasteiger partial charge is 0.287 e. The van der Waals surface area contributed by atoms with E-state index < -0.39 is 0 Å². The van der Waals surface area contributed by atoms with E-state index in [1.165, 1.54) is 6.26 Å². The molecule has 3 heterocycles. The molecule has 1 aromatic carbocycles. The van der Waals surface area contributed by atoms with Crippen molar-refractivity contribution < 1.29 is 13.6 Å². The zero-order valence-electron chi connectivity index (χ0n) is 14.1. The molecule has 8 heteroatoms. The van der Waals surface area contributed by atoms with Gasteiger partial charge in [-0.15, -0.1) is 0 Å². The van der Waals surface area contributed by atoms with Crippen LogP contribution in [0.5, 0.6) is 0 Å². The number of hydrogen-bond acceptors (Lipinski definition) is 6. The standard InChI is InChI=1S/C19H15ClN4O3/c20-12-5-6-13-14(11-12)23-18(15-3-1-9-26-15)24-17(13)21-7-8-22-19(25)16-4-2-10-27-16/h1-6,9-11H,7-8H2,(H,22,25)(H,21,23,24). The van der Waals surface area contributed by atoms with Gasteiger partial charge in [0.2, 0.25) is 0 Å². The van der Waals surface area contributed by atoms with Gasteiger partial charge < -0.3 is 19.5 Å². The summed E-state index contributed by atoms with van der Waals surface area (Å²) in [6.07, 6.45) is 3.03. The summed E-state index contributed by atoms with van der Waals surface area (Å²) in [6.45, 7) is 0.869. The third-order valence-electron chi connectivity index (χ3n) is 3.85. The first-order valence-electron chi connectivity index (χ1n) is 8.27. The van der Waals surface area contributed by atoms with E-state index in [0.717, 1.165) is 5.39 Å². The van der Waals surface area contributed by atoms with Crippen LogP contribution in [0.2, 0.25) is 5.02 Å². The molecule has 0 fully saturated rings. The monoisotopic (exact) mass is 382 g/mol. The van der Waals surface area contributed by atoms with E-state index in [9.17, 15) is 4.79 Å². The predicted octanol–water partition coefficient (Wildman–Crippen LogP) is 3.98. The lowest BCUT2D eigenvalue weighted by Gasteiger charge is -2.11. The highest BCUT2D eigenvalue weighted by Crippen LogP contribution is 2.27. The van der Waals surface area contributed by atoms with Gasteiger partial charge in [-0.25, -0.2) is 9.97 Å². The molecule has 0 bridgehead atoms. The molecule has 4 rings (SSSR count). The second kappa shape index (κ2) is 7.51. The van der Waals surface area contributed by atoms with Crippen LogP contribution >= 0.6 is 11.6 Å². The molecular formula is C19H15ClN4O3. The van der Waals surface area contributed by atoms with Crippen LogP contribution in [0.3, 0.4) is 0 Å². The fraction of sp³-hybridized carbons (Fsp3) is 0.105. The molecule has 0 atom stereocenters. The SMILES string of the molecule is O=C(NCCNc1nc(-c2ccco2)nc2cc(Cl)ccc12)c1ccco1. The Balaban J connectivity index is 1.52. The molecule has 0 spiro atoms. The van der Waals surface area contributed by atoms with Gasteiger partial charge in [0.15, 0.2) is 17.3 Å². The van der Waals surface area contributed by atoms with Crippen LogP contribution in [0.15, 0.2) is 63.8 Å². The molecule has 0 saturated heterocycles. The summed E-state index contributed by atoms with van der Waals surface area (Å²) in [6, 6.07) is 12.3. The van der Waals surface area contributed by atoms with Gasteiger partial charge >= 0.3 is 0 Å². The van der Waals surface area contributed by atoms with E-state index in [-0.39, 0.29) is 11.7 Å². The first kappa shape index (κ1) is 17.1. The van der Waals surface area contributed by atoms with E-state index in [2.05, 4.69) is 20.6 Å². The van der Waals surface area contributed by atoms with Gasteiger partial charge in [0, 0.05) is 23.5 Å². The third-order valence-corrected chi connectivity index (χ3v) is 4.08. The first-order valence-corrected chi connectivity index (χ1v) is 8.65. The first-order chi connectivity index (χ1) is 13.2. The Morgan fingerprint density at radius 1 is 1.04 bits per heavy atom. The summed E-state index contributed by atoms with van der Waals surface area (Å²) >= 11 is 6.10. The van der Waals surface area contributed by atoms with Crippen molar-refractivity contribution in [2.45, 2.75) is 0 Å². The molecule has 27 heavy (non-hydrogen) atoms. The lowest BCUT2D eigenvalue weighted by atomic mass is 10.2. The number of fused-ring (bicyclic) bond motifs is 1. The Kier molecular flexibility index (Phi) is 4.76. The van der Waals surface area contributed by atoms with Crippen LogP contribution < -0.4 is 10.6 Å². The molecule has 136 valence electrons. The Morgan fingerprint density at radius 2 is 1.89 bits per heavy atom. The third kappa shape index (κ3) is 3.78. The number of nitrogens with zero attached hydrogens (tertiary/aromatic N) is 2. The number of furan rings is 2. The molecule has 0 aliphatic heterocycles. The molecule has 0 radical (unpaired) electrons. The van der Waals surface area contributed by atoms with Crippen LogP contribution in [-0.2, 0) is 0 Å². The van der Waals surface area contributed by atoms with Gasteiger partial charge in [0.25, 0.3) is 5.91 Å². The van der Waals surface area contributed by atoms with Crippen LogP contribution in [0.4, 0.5) is 5.82 Å². The fourth-order valence-electron chi connectivity index (χ4n) is 2.61. The number of hydrogen-bond donors (Lipinski definition) is 2. The van der Waals surface area contributed by atoms with Crippen LogP contribution in [-0.4, -0.2) is 29.0 Å². The van der Waals surface area contributed by atoms with Crippen molar-refractivity contribution in [2.24, 2.45) is 0 Å². The van der Waals surface area contributed by atoms with Gasteiger partial charge in [-0.05, 0) is 42.5 Å². The molecule has 3 aromatic heterocycles. The van der Waals surface area contributed by atoms with Crippen molar-refractivity contribution in [2.75, 3.05) is 18.4 Å². The lowest BCUT2D eigenvalue weighted by molar-refractivity contribution is 0.0927. The minimum absolute atomic E-state index is 0.266. The van der Waals surface area contributed by atoms with E-state index in [4.69, 9.17) is 20.4 Å². The maximum atomic E-state index is 11.9. The van der Waals surface area contributed by atoms with E-state index in [1.807, 2.05) is 6.07 Å². The van der Waals surface area contributed by atoms with Crippen molar-refractivity contribution in [3.05, 3.63) is 65.8 Å². The number of nitrogens with one attached hydrogen (secondary N) is 2. The van der Waals surface area contributed by atoms with E-state index in [1.54, 1.807) is 42.7 Å². The summed E-state index contributed by atoms with van der Waals surface area (Å²) in [4.78, 5) is 21.0. The zero-order chi connectivity index (χ0) is 18.6. The number of aromatic nitrogens is 2. The van der Waals surface area contributed by atoms with Crippen molar-refractivity contribution in [3.63, 3.8) is 0 Å². The average Bonchev–Trinajstić information content (AvgIpc) is 3.38. The normalized spacial score (nSPS) is 10.9. The number of benzene rings is 1. The van der Waals surface area contributed by atoms with Gasteiger partial charge in [-0.3, -0.25) is 4.79 Å². The van der Waals surface area contributed by atoms with Gasteiger partial charge in [0.05, 0.1) is 18.0 Å². The summed E-state index contributed by atoms with van der Waals surface area (Å²) in [5.41, 5.74) is 0.700. The highest BCUT2D eigenvalue weighted by Gasteiger charge is 2.12. The van der Waals surface area contributed by atoms with Crippen molar-refractivity contribution in [3.8, 4) is 11.6 Å². The van der Waals surface area contributed by atoms with Crippen LogP contribution in [0.1, 0.15) is 10.6 Å². The highest BCUT2D eigenvalue weighted by molar-refractivity contribution is 6.31. The molecule has 0 aliphatic carbocycles. The van der Waals surface area contributed by atoms with Gasteiger partial charge in [0.1, 0.15) is 5.82 Å². The molecule has 0 aliphatic rings. The van der Waals surface area contributed by atoms with Gasteiger partial charge in [-0.2, -0.15) is 0 Å². The van der Waals surface area contributed by atoms with Crippen molar-refractivity contribution >= 4 is 34.2 Å². The summed E-state index contributed by atoms with van der Waals surface area (Å²) in [7, 11) is 0. The average molecular weight is 383 g/mol. The number of carbonyl (C=O) groups excluding carboxylic acids is 1. The highest BCUT2D eigenvalue weighted by atomic mass is 35.5. The Morgan fingerprint density at radius 3 is 2.67 bits per heavy atom. The molecule has 4 aromatic rings. The number of rotatable bonds is 6. The number of anilines is 1. The lowest BCUT2D eigenvalue weighted by Crippen LogP contribution is -2.28. The molecule has 0 unspecified atom stereocenters. The van der Waals surface area contributed by atoms with E-state index in [0.29, 0.717) is 41.0 Å². The molecular weight excluding hydrogens is 368 g/mol. The quantitative estimate of drug-likeness (QED) is 0.490. The van der Waals surface area contributed by atoms with Crippen LogP contribution in [0.25, 0.3) is 22.5 Å². The number of amides is 1. The summed E-state index contributed by atoms with van der Waals surface area (Å²) < 4.78 is 10.5. The zero-order valence-corrected chi connectivity index (χ0v) is 14.9. The predicted molar refractivity (Wildman–Crippen MR) is 102 cm³/mol. The number of carbonyl (C=O) groups is 1. The van der Waals surface area contributed by atoms with Gasteiger partial charge in [-0.1, -0.05) is 11.6 Å². The Hall–Kier alpha value is -3.32. The molecule has 2 N–H and O–H groups in total. The second-order valence-electron chi connectivity index (χ2n) is 5.69. The van der Waals surface area contributed by atoms with Crippen molar-refractivity contribution in [1.29, 1.82) is 0 Å². The Labute approximate surface area is 159 Å². The van der Waals surface area contributed by atoms with Crippen LogP contribution in [0, 0.1) is 0 Å². The molecule has 1 amide bonds. The minimum atomic E-state index is -0.266. The maximum Gasteiger partial charge on any atom is 0.287 e. The fourth-order valence-corrected chi connectivity index (χ4v) is 2.77. The summed E-state index contributed by atoms with van der Waals surface area (Å²) in [5.74, 6) is 1.66. The minimum Gasteiger partial charge on any atom is -0.461 e. The number of halogens is 1. The molecule has 0 saturated carbocycles.